The van der Waals surface area contributed by atoms with Crippen LogP contribution in [0.4, 0.5) is 0 Å². The van der Waals surface area contributed by atoms with Crippen molar-refractivity contribution in [3.8, 4) is 0 Å². The number of hydrogen-bond donors (Lipinski definition) is 0. The van der Waals surface area contributed by atoms with Crippen molar-refractivity contribution in [3.63, 3.8) is 0 Å². The fraction of sp³-hybridized carbons (Fsp3) is 0.118. The van der Waals surface area contributed by atoms with Gasteiger partial charge >= 0.3 is 0 Å². The Morgan fingerprint density at radius 2 is 1.58 bits per heavy atom. The minimum Gasteiger partial charge on any atom is -0.283 e. The number of aromatic nitrogens is 1. The van der Waals surface area contributed by atoms with E-state index in [1.807, 2.05) is 68.6 Å². The van der Waals surface area contributed by atoms with E-state index in [1.165, 1.54) is 0 Å². The third-order valence-electron chi connectivity index (χ3n) is 3.51. The highest BCUT2D eigenvalue weighted by atomic mass is 16.2. The largest absolute Gasteiger partial charge is 0.283 e. The monoisotopic (exact) mass is 249 g/mol. The van der Waals surface area contributed by atoms with Crippen LogP contribution in [0.15, 0.2) is 54.7 Å². The molecule has 2 nitrogen and oxygen atoms in total. The molecule has 0 aliphatic rings. The van der Waals surface area contributed by atoms with Crippen LogP contribution in [0.2, 0.25) is 0 Å². The highest BCUT2D eigenvalue weighted by Gasteiger charge is 2.14. The van der Waals surface area contributed by atoms with Gasteiger partial charge in [0.15, 0.2) is 0 Å². The van der Waals surface area contributed by atoms with E-state index in [0.717, 1.165) is 27.6 Å². The number of carbonyl (C=O) groups is 1. The molecule has 0 spiro atoms. The fourth-order valence-electron chi connectivity index (χ4n) is 2.46. The molecule has 0 unspecified atom stereocenters. The molecule has 94 valence electrons. The maximum atomic E-state index is 12.7. The Balaban J connectivity index is 2.20. The standard InChI is InChI=1S/C17H15NO/c1-12-7-3-4-9-15(12)17(19)18-11-13(2)14-8-5-6-10-16(14)18/h3-11H,1-2H3. The smallest absolute Gasteiger partial charge is 0.262 e. The maximum Gasteiger partial charge on any atom is 0.262 e. The zero-order valence-electron chi connectivity index (χ0n) is 11.1. The molecule has 0 aliphatic heterocycles. The van der Waals surface area contributed by atoms with E-state index in [1.54, 1.807) is 4.57 Å². The van der Waals surface area contributed by atoms with Gasteiger partial charge in [-0.3, -0.25) is 9.36 Å². The van der Waals surface area contributed by atoms with E-state index >= 15 is 0 Å². The van der Waals surface area contributed by atoms with Crippen LogP contribution in [0.3, 0.4) is 0 Å². The summed E-state index contributed by atoms with van der Waals surface area (Å²) in [5.41, 5.74) is 3.84. The Labute approximate surface area is 112 Å². The Kier molecular flexibility index (Phi) is 2.71. The highest BCUT2D eigenvalue weighted by Crippen LogP contribution is 2.22. The van der Waals surface area contributed by atoms with E-state index in [2.05, 4.69) is 0 Å². The number of para-hydroxylation sites is 1. The van der Waals surface area contributed by atoms with Crippen molar-refractivity contribution in [1.29, 1.82) is 0 Å². The van der Waals surface area contributed by atoms with E-state index in [9.17, 15) is 4.79 Å². The first-order valence-electron chi connectivity index (χ1n) is 6.35. The lowest BCUT2D eigenvalue weighted by Gasteiger charge is -2.06. The number of benzene rings is 2. The zero-order chi connectivity index (χ0) is 13.4. The van der Waals surface area contributed by atoms with Crippen LogP contribution in [-0.4, -0.2) is 10.5 Å². The molecule has 0 saturated carbocycles. The number of rotatable bonds is 1. The Morgan fingerprint density at radius 1 is 0.895 bits per heavy atom. The molecule has 1 heterocycles. The van der Waals surface area contributed by atoms with Gasteiger partial charge in [-0.25, -0.2) is 0 Å². The van der Waals surface area contributed by atoms with Gasteiger partial charge in [0.05, 0.1) is 5.52 Å². The SMILES string of the molecule is Cc1ccccc1C(=O)n1cc(C)c2ccccc21. The van der Waals surface area contributed by atoms with E-state index in [-0.39, 0.29) is 5.91 Å². The summed E-state index contributed by atoms with van der Waals surface area (Å²) in [6.45, 7) is 4.00. The van der Waals surface area contributed by atoms with Gasteiger partial charge in [-0.05, 0) is 37.1 Å². The summed E-state index contributed by atoms with van der Waals surface area (Å²) in [5, 5.41) is 1.13. The van der Waals surface area contributed by atoms with Crippen molar-refractivity contribution in [1.82, 2.24) is 4.57 Å². The lowest BCUT2D eigenvalue weighted by molar-refractivity contribution is 0.0964. The lowest BCUT2D eigenvalue weighted by atomic mass is 10.1. The molecule has 0 bridgehead atoms. The van der Waals surface area contributed by atoms with Crippen LogP contribution >= 0.6 is 0 Å². The summed E-state index contributed by atoms with van der Waals surface area (Å²) in [6, 6.07) is 15.7. The second-order valence-electron chi connectivity index (χ2n) is 4.82. The van der Waals surface area contributed by atoms with Gasteiger partial charge in [0.25, 0.3) is 5.91 Å². The number of fused-ring (bicyclic) bond motifs is 1. The first kappa shape index (κ1) is 11.7. The maximum absolute atomic E-state index is 12.7. The van der Waals surface area contributed by atoms with Crippen molar-refractivity contribution >= 4 is 16.8 Å². The average Bonchev–Trinajstić information content (AvgIpc) is 2.77. The van der Waals surface area contributed by atoms with Crippen LogP contribution in [-0.2, 0) is 0 Å². The molecule has 1 aromatic heterocycles. The first-order chi connectivity index (χ1) is 9.18. The van der Waals surface area contributed by atoms with Gasteiger partial charge in [0.1, 0.15) is 0 Å². The van der Waals surface area contributed by atoms with Gasteiger partial charge in [-0.15, -0.1) is 0 Å². The summed E-state index contributed by atoms with van der Waals surface area (Å²) < 4.78 is 1.74. The fourth-order valence-corrected chi connectivity index (χ4v) is 2.46. The molecule has 19 heavy (non-hydrogen) atoms. The summed E-state index contributed by atoms with van der Waals surface area (Å²) in [6.07, 6.45) is 1.92. The van der Waals surface area contributed by atoms with Gasteiger partial charge in [0.2, 0.25) is 0 Å². The predicted octanol–water partition coefficient (Wildman–Crippen LogP) is 3.95. The average molecular weight is 249 g/mol. The summed E-state index contributed by atoms with van der Waals surface area (Å²) in [7, 11) is 0. The summed E-state index contributed by atoms with van der Waals surface area (Å²) >= 11 is 0. The molecule has 0 atom stereocenters. The minimum atomic E-state index is 0.0300. The Hall–Kier alpha value is -2.35. The second kappa shape index (κ2) is 4.39. The van der Waals surface area contributed by atoms with Crippen molar-refractivity contribution in [2.45, 2.75) is 13.8 Å². The zero-order valence-corrected chi connectivity index (χ0v) is 11.1. The molecule has 0 aliphatic carbocycles. The molecule has 3 rings (SSSR count). The van der Waals surface area contributed by atoms with Crippen molar-refractivity contribution in [3.05, 3.63) is 71.4 Å². The van der Waals surface area contributed by atoms with Crippen LogP contribution in [0.5, 0.6) is 0 Å². The van der Waals surface area contributed by atoms with Crippen LogP contribution in [0, 0.1) is 13.8 Å². The van der Waals surface area contributed by atoms with Crippen molar-refractivity contribution in [2.75, 3.05) is 0 Å². The van der Waals surface area contributed by atoms with E-state index < -0.39 is 0 Å². The summed E-state index contributed by atoms with van der Waals surface area (Å²) in [5.74, 6) is 0.0300. The van der Waals surface area contributed by atoms with Crippen molar-refractivity contribution in [2.24, 2.45) is 0 Å². The molecule has 0 fully saturated rings. The van der Waals surface area contributed by atoms with E-state index in [4.69, 9.17) is 0 Å². The highest BCUT2D eigenvalue weighted by molar-refractivity contribution is 6.03. The number of carbonyl (C=O) groups excluding carboxylic acids is 1. The van der Waals surface area contributed by atoms with Crippen LogP contribution < -0.4 is 0 Å². The van der Waals surface area contributed by atoms with Crippen LogP contribution in [0.25, 0.3) is 10.9 Å². The molecule has 0 radical (unpaired) electrons. The Morgan fingerprint density at radius 3 is 2.37 bits per heavy atom. The van der Waals surface area contributed by atoms with Gasteiger partial charge in [-0.2, -0.15) is 0 Å². The number of hydrogen-bond acceptors (Lipinski definition) is 1. The number of aryl methyl sites for hydroxylation is 2. The molecular formula is C17H15NO. The summed E-state index contributed by atoms with van der Waals surface area (Å²) in [4.78, 5) is 12.7. The molecule has 0 amide bonds. The van der Waals surface area contributed by atoms with E-state index in [0.29, 0.717) is 0 Å². The molecular weight excluding hydrogens is 234 g/mol. The molecule has 0 N–H and O–H groups in total. The topological polar surface area (TPSA) is 22.0 Å². The van der Waals surface area contributed by atoms with Crippen LogP contribution in [0.1, 0.15) is 21.5 Å². The van der Waals surface area contributed by atoms with Gasteiger partial charge in [0, 0.05) is 17.1 Å². The molecule has 3 aromatic rings. The first-order valence-corrected chi connectivity index (χ1v) is 6.35. The lowest BCUT2D eigenvalue weighted by Crippen LogP contribution is -2.12. The number of nitrogens with zero attached hydrogens (tertiary/aromatic N) is 1. The second-order valence-corrected chi connectivity index (χ2v) is 4.82. The molecule has 2 heteroatoms. The molecule has 0 saturated heterocycles. The predicted molar refractivity (Wildman–Crippen MR) is 77.6 cm³/mol. The third kappa shape index (κ3) is 1.85. The third-order valence-corrected chi connectivity index (χ3v) is 3.51. The normalized spacial score (nSPS) is 10.8. The van der Waals surface area contributed by atoms with Gasteiger partial charge < -0.3 is 0 Å². The Bertz CT molecular complexity index is 768. The quantitative estimate of drug-likeness (QED) is 0.640. The van der Waals surface area contributed by atoms with Crippen molar-refractivity contribution < 1.29 is 4.79 Å². The minimum absolute atomic E-state index is 0.0300. The molecule has 2 aromatic carbocycles. The van der Waals surface area contributed by atoms with Gasteiger partial charge in [-0.1, -0.05) is 36.4 Å².